The molecule has 0 saturated heterocycles. The second kappa shape index (κ2) is 4.83. The summed E-state index contributed by atoms with van der Waals surface area (Å²) in [5, 5.41) is 0. The maximum atomic E-state index is 5.50. The molecule has 1 aliphatic carbocycles. The van der Waals surface area contributed by atoms with Crippen molar-refractivity contribution < 1.29 is 9.47 Å². The molecular weight excluding hydrogens is 240 g/mol. The zero-order valence-corrected chi connectivity index (χ0v) is 12.4. The summed E-state index contributed by atoms with van der Waals surface area (Å²) in [6.07, 6.45) is 2.79. The third-order valence-electron chi connectivity index (χ3n) is 3.72. The van der Waals surface area contributed by atoms with Crippen molar-refractivity contribution in [3.8, 4) is 0 Å². The van der Waals surface area contributed by atoms with Crippen molar-refractivity contribution in [2.24, 2.45) is 15.9 Å². The van der Waals surface area contributed by atoms with Gasteiger partial charge in [-0.25, -0.2) is 9.98 Å². The minimum absolute atomic E-state index is 0.0758. The first-order chi connectivity index (χ1) is 8.93. The lowest BCUT2D eigenvalue weighted by Gasteiger charge is -2.32. The van der Waals surface area contributed by atoms with Gasteiger partial charge in [-0.3, -0.25) is 0 Å². The highest BCUT2D eigenvalue weighted by atomic mass is 16.5. The Balaban J connectivity index is 2.49. The first kappa shape index (κ1) is 13.8. The Kier molecular flexibility index (Phi) is 3.52. The second-order valence-corrected chi connectivity index (χ2v) is 5.51. The van der Waals surface area contributed by atoms with E-state index in [9.17, 15) is 0 Å². The molecule has 0 N–H and O–H groups in total. The van der Waals surface area contributed by atoms with Gasteiger partial charge >= 0.3 is 0 Å². The van der Waals surface area contributed by atoms with Gasteiger partial charge in [0.25, 0.3) is 0 Å². The van der Waals surface area contributed by atoms with Crippen LogP contribution in [0.15, 0.2) is 33.8 Å². The number of hydrogen-bond donors (Lipinski definition) is 0. The van der Waals surface area contributed by atoms with Crippen LogP contribution in [0.4, 0.5) is 0 Å². The third-order valence-corrected chi connectivity index (χ3v) is 3.72. The molecule has 0 saturated carbocycles. The van der Waals surface area contributed by atoms with E-state index in [0.717, 1.165) is 11.1 Å². The number of hydrogen-bond acceptors (Lipinski definition) is 4. The van der Waals surface area contributed by atoms with E-state index in [2.05, 4.69) is 26.5 Å². The number of nitrogens with zero attached hydrogens (tertiary/aromatic N) is 2. The highest BCUT2D eigenvalue weighted by molar-refractivity contribution is 5.99. The van der Waals surface area contributed by atoms with Crippen LogP contribution in [-0.2, 0) is 9.47 Å². The van der Waals surface area contributed by atoms with E-state index in [1.54, 1.807) is 14.2 Å². The molecule has 1 aliphatic heterocycles. The molecule has 0 radical (unpaired) electrons. The molecule has 0 bridgehead atoms. The Morgan fingerprint density at radius 1 is 1.37 bits per heavy atom. The van der Waals surface area contributed by atoms with E-state index in [1.807, 2.05) is 6.92 Å². The molecular formula is C15H22N2O2. The van der Waals surface area contributed by atoms with Gasteiger partial charge in [-0.05, 0) is 30.1 Å². The molecule has 0 unspecified atom stereocenters. The maximum absolute atomic E-state index is 5.50. The van der Waals surface area contributed by atoms with Crippen molar-refractivity contribution in [3.63, 3.8) is 0 Å². The quantitative estimate of drug-likeness (QED) is 0.729. The van der Waals surface area contributed by atoms with Crippen molar-refractivity contribution in [1.29, 1.82) is 0 Å². The van der Waals surface area contributed by atoms with E-state index < -0.39 is 5.54 Å². The van der Waals surface area contributed by atoms with Crippen LogP contribution in [0.2, 0.25) is 0 Å². The molecule has 1 spiro atoms. The highest BCUT2D eigenvalue weighted by Gasteiger charge is 2.45. The molecule has 0 aromatic rings. The van der Waals surface area contributed by atoms with E-state index >= 15 is 0 Å². The summed E-state index contributed by atoms with van der Waals surface area (Å²) in [6, 6.07) is -0.0758. The van der Waals surface area contributed by atoms with Crippen molar-refractivity contribution in [2.75, 3.05) is 14.2 Å². The Morgan fingerprint density at radius 2 is 2.05 bits per heavy atom. The molecule has 104 valence electrons. The lowest BCUT2D eigenvalue weighted by Crippen LogP contribution is -2.44. The van der Waals surface area contributed by atoms with Gasteiger partial charge in [0.2, 0.25) is 11.8 Å². The van der Waals surface area contributed by atoms with Crippen LogP contribution in [0.3, 0.4) is 0 Å². The molecule has 0 amide bonds. The monoisotopic (exact) mass is 262 g/mol. The third kappa shape index (κ3) is 2.20. The van der Waals surface area contributed by atoms with E-state index in [-0.39, 0.29) is 6.04 Å². The van der Waals surface area contributed by atoms with Crippen LogP contribution < -0.4 is 0 Å². The topological polar surface area (TPSA) is 43.2 Å². The summed E-state index contributed by atoms with van der Waals surface area (Å²) in [6.45, 7) is 10.3. The number of rotatable bonds is 1. The van der Waals surface area contributed by atoms with E-state index in [0.29, 0.717) is 24.1 Å². The molecule has 0 aromatic heterocycles. The van der Waals surface area contributed by atoms with Crippen LogP contribution in [0.1, 0.15) is 27.2 Å². The Hall–Kier alpha value is -1.58. The predicted molar refractivity (Wildman–Crippen MR) is 77.8 cm³/mol. The van der Waals surface area contributed by atoms with Crippen molar-refractivity contribution in [1.82, 2.24) is 0 Å². The molecule has 2 rings (SSSR count). The summed E-state index contributed by atoms with van der Waals surface area (Å²) >= 11 is 0. The summed E-state index contributed by atoms with van der Waals surface area (Å²) in [7, 11) is 3.30. The predicted octanol–water partition coefficient (Wildman–Crippen LogP) is 2.76. The van der Waals surface area contributed by atoms with Gasteiger partial charge in [0.05, 0.1) is 14.2 Å². The minimum atomic E-state index is -0.549. The van der Waals surface area contributed by atoms with Crippen molar-refractivity contribution >= 4 is 11.8 Å². The minimum Gasteiger partial charge on any atom is -0.483 e. The van der Waals surface area contributed by atoms with Crippen LogP contribution in [0.5, 0.6) is 0 Å². The van der Waals surface area contributed by atoms with Crippen LogP contribution in [-0.4, -0.2) is 37.6 Å². The van der Waals surface area contributed by atoms with Crippen LogP contribution in [0, 0.1) is 5.92 Å². The summed E-state index contributed by atoms with van der Waals surface area (Å²) in [4.78, 5) is 9.50. The maximum Gasteiger partial charge on any atom is 0.217 e. The van der Waals surface area contributed by atoms with Crippen molar-refractivity contribution in [3.05, 3.63) is 23.8 Å². The van der Waals surface area contributed by atoms with Crippen LogP contribution in [0.25, 0.3) is 0 Å². The zero-order valence-electron chi connectivity index (χ0n) is 12.4. The molecule has 19 heavy (non-hydrogen) atoms. The van der Waals surface area contributed by atoms with Gasteiger partial charge in [0.1, 0.15) is 6.04 Å². The molecule has 1 heterocycles. The fraction of sp³-hybridized carbons (Fsp3) is 0.600. The molecule has 2 aliphatic rings. The van der Waals surface area contributed by atoms with Gasteiger partial charge in [-0.2, -0.15) is 0 Å². The fourth-order valence-electron chi connectivity index (χ4n) is 2.62. The molecule has 4 heteroatoms. The summed E-state index contributed by atoms with van der Waals surface area (Å²) in [5.41, 5.74) is 1.67. The Bertz CT molecular complexity index is 488. The van der Waals surface area contributed by atoms with E-state index in [1.165, 1.54) is 0 Å². The summed E-state index contributed by atoms with van der Waals surface area (Å²) in [5.74, 6) is 1.65. The van der Waals surface area contributed by atoms with Gasteiger partial charge < -0.3 is 9.47 Å². The first-order valence-electron chi connectivity index (χ1n) is 6.57. The van der Waals surface area contributed by atoms with Crippen molar-refractivity contribution in [2.45, 2.75) is 38.8 Å². The first-order valence-corrected chi connectivity index (χ1v) is 6.57. The van der Waals surface area contributed by atoms with Gasteiger partial charge in [0.15, 0.2) is 5.54 Å². The summed E-state index contributed by atoms with van der Waals surface area (Å²) < 4.78 is 10.9. The Morgan fingerprint density at radius 3 is 2.47 bits per heavy atom. The molecule has 4 nitrogen and oxygen atoms in total. The van der Waals surface area contributed by atoms with Gasteiger partial charge in [-0.15, -0.1) is 0 Å². The molecule has 2 atom stereocenters. The average Bonchev–Trinajstić information content (AvgIpc) is 2.64. The largest absolute Gasteiger partial charge is 0.483 e. The van der Waals surface area contributed by atoms with E-state index in [4.69, 9.17) is 19.5 Å². The number of ether oxygens (including phenoxy) is 2. The lowest BCUT2D eigenvalue weighted by atomic mass is 9.94. The second-order valence-electron chi connectivity index (χ2n) is 5.51. The molecule has 0 aromatic carbocycles. The molecule has 0 fully saturated rings. The Labute approximate surface area is 114 Å². The van der Waals surface area contributed by atoms with Gasteiger partial charge in [0, 0.05) is 6.42 Å². The SMILES string of the molecule is C=C1C[C@@]2(C=C1C)N=C(OC)[C@H](C(C)C)N=C2OC. The fourth-order valence-corrected chi connectivity index (χ4v) is 2.62. The number of allylic oxidation sites excluding steroid dienone is 1. The lowest BCUT2D eigenvalue weighted by molar-refractivity contribution is 0.320. The highest BCUT2D eigenvalue weighted by Crippen LogP contribution is 2.39. The average molecular weight is 262 g/mol. The normalized spacial score (nSPS) is 30.3. The standard InChI is InChI=1S/C15H22N2O2/c1-9(2)12-13(18-5)17-15(14(16-12)19-6)7-10(3)11(4)8-15/h8-9,12H,3,7H2,1-2,4-6H3/t12-,15-/m0/s1. The van der Waals surface area contributed by atoms with Gasteiger partial charge in [-0.1, -0.05) is 20.4 Å². The smallest absolute Gasteiger partial charge is 0.217 e. The number of methoxy groups -OCH3 is 2. The number of aliphatic imine (C=N–C) groups is 2. The van der Waals surface area contributed by atoms with Crippen LogP contribution >= 0.6 is 0 Å². The zero-order chi connectivity index (χ0) is 14.2.